The number of methoxy groups -OCH3 is 1. The van der Waals surface area contributed by atoms with Gasteiger partial charge in [0.2, 0.25) is 0 Å². The van der Waals surface area contributed by atoms with E-state index in [9.17, 15) is 4.79 Å². The minimum absolute atomic E-state index is 0.307. The van der Waals surface area contributed by atoms with Crippen LogP contribution in [0.1, 0.15) is 6.92 Å². The second kappa shape index (κ2) is 4.07. The summed E-state index contributed by atoms with van der Waals surface area (Å²) >= 11 is 0. The van der Waals surface area contributed by atoms with Crippen LogP contribution in [0, 0.1) is 0 Å². The lowest BCUT2D eigenvalue weighted by Gasteiger charge is -2.19. The van der Waals surface area contributed by atoms with Crippen molar-refractivity contribution in [3.8, 4) is 0 Å². The number of carbonyl (C=O) groups excluding carboxylic acids is 1. The molecule has 1 aromatic rings. The molecule has 86 valence electrons. The normalized spacial score (nSPS) is 24.5. The van der Waals surface area contributed by atoms with E-state index in [4.69, 9.17) is 4.74 Å². The summed E-state index contributed by atoms with van der Waals surface area (Å²) in [6, 6.07) is 5.59. The Morgan fingerprint density at radius 3 is 3.06 bits per heavy atom. The van der Waals surface area contributed by atoms with Crippen LogP contribution in [0.2, 0.25) is 0 Å². The Labute approximate surface area is 93.5 Å². The number of nitrogens with one attached hydrogen (secondary N) is 2. The zero-order valence-electron chi connectivity index (χ0n) is 9.23. The van der Waals surface area contributed by atoms with Crippen molar-refractivity contribution >= 4 is 11.8 Å². The molecule has 1 aliphatic rings. The molecule has 2 heterocycles. The van der Waals surface area contributed by atoms with E-state index < -0.39 is 5.54 Å². The summed E-state index contributed by atoms with van der Waals surface area (Å²) in [6.45, 7) is 2.23. The van der Waals surface area contributed by atoms with E-state index in [-0.39, 0.29) is 5.97 Å². The number of pyridine rings is 1. The van der Waals surface area contributed by atoms with Gasteiger partial charge < -0.3 is 4.74 Å². The molecule has 1 aliphatic heterocycles. The lowest BCUT2D eigenvalue weighted by atomic mass is 10.1. The smallest absolute Gasteiger partial charge is 0.329 e. The van der Waals surface area contributed by atoms with Gasteiger partial charge >= 0.3 is 5.97 Å². The average Bonchev–Trinajstić information content (AvgIpc) is 2.73. The molecule has 0 radical (unpaired) electrons. The monoisotopic (exact) mass is 222 g/mol. The molecule has 1 fully saturated rings. The van der Waals surface area contributed by atoms with Gasteiger partial charge in [-0.2, -0.15) is 5.53 Å². The topological polar surface area (TPSA) is 66.5 Å². The highest BCUT2D eigenvalue weighted by Crippen LogP contribution is 2.17. The first-order valence-corrected chi connectivity index (χ1v) is 4.95. The van der Waals surface area contributed by atoms with Crippen LogP contribution in [0.25, 0.3) is 0 Å². The number of hydrogen-bond donors (Lipinski definition) is 2. The van der Waals surface area contributed by atoms with Gasteiger partial charge in [0, 0.05) is 6.20 Å². The summed E-state index contributed by atoms with van der Waals surface area (Å²) < 4.78 is 4.73. The van der Waals surface area contributed by atoms with Crippen molar-refractivity contribution in [3.63, 3.8) is 0 Å². The van der Waals surface area contributed by atoms with Gasteiger partial charge in [-0.3, -0.25) is 5.01 Å². The molecule has 1 atom stereocenters. The van der Waals surface area contributed by atoms with Gasteiger partial charge in [0.15, 0.2) is 0 Å². The van der Waals surface area contributed by atoms with E-state index in [0.29, 0.717) is 6.54 Å². The van der Waals surface area contributed by atoms with Crippen molar-refractivity contribution in [2.45, 2.75) is 12.5 Å². The van der Waals surface area contributed by atoms with E-state index in [1.807, 2.05) is 18.2 Å². The summed E-state index contributed by atoms with van der Waals surface area (Å²) in [5.74, 6) is 0.445. The van der Waals surface area contributed by atoms with Gasteiger partial charge in [0.05, 0.1) is 13.7 Å². The van der Waals surface area contributed by atoms with Crippen LogP contribution >= 0.6 is 0 Å². The lowest BCUT2D eigenvalue weighted by Crippen LogP contribution is -2.50. The Balaban J connectivity index is 2.12. The van der Waals surface area contributed by atoms with E-state index in [2.05, 4.69) is 15.9 Å². The maximum absolute atomic E-state index is 11.5. The molecule has 16 heavy (non-hydrogen) atoms. The van der Waals surface area contributed by atoms with Gasteiger partial charge in [0.25, 0.3) is 0 Å². The molecule has 1 aromatic heterocycles. The third kappa shape index (κ3) is 1.84. The summed E-state index contributed by atoms with van der Waals surface area (Å²) in [7, 11) is 1.37. The molecule has 0 aromatic carbocycles. The van der Waals surface area contributed by atoms with Crippen LogP contribution in [-0.2, 0) is 9.53 Å². The SMILES string of the molecule is COC(=O)C1(C)CN(c2ccccn2)NN1. The van der Waals surface area contributed by atoms with E-state index in [1.165, 1.54) is 7.11 Å². The van der Waals surface area contributed by atoms with Crippen molar-refractivity contribution in [1.29, 1.82) is 0 Å². The Bertz CT molecular complexity index is 384. The number of anilines is 1. The molecule has 0 spiro atoms. The van der Waals surface area contributed by atoms with Gasteiger partial charge in [0.1, 0.15) is 11.4 Å². The van der Waals surface area contributed by atoms with Gasteiger partial charge in [-0.15, -0.1) is 0 Å². The number of nitrogens with zero attached hydrogens (tertiary/aromatic N) is 2. The molecule has 0 amide bonds. The Hall–Kier alpha value is -1.66. The van der Waals surface area contributed by atoms with Crippen LogP contribution in [0.4, 0.5) is 5.82 Å². The quantitative estimate of drug-likeness (QED) is 0.678. The maximum atomic E-state index is 11.5. The molecule has 1 unspecified atom stereocenters. The highest BCUT2D eigenvalue weighted by Gasteiger charge is 2.41. The van der Waals surface area contributed by atoms with E-state index in [1.54, 1.807) is 18.1 Å². The molecule has 2 N–H and O–H groups in total. The number of ether oxygens (including phenoxy) is 1. The molecule has 1 saturated heterocycles. The van der Waals surface area contributed by atoms with Gasteiger partial charge in [-0.25, -0.2) is 15.2 Å². The summed E-state index contributed by atoms with van der Waals surface area (Å²) in [5.41, 5.74) is 5.03. The molecule has 6 heteroatoms. The maximum Gasteiger partial charge on any atom is 0.329 e. The molecule has 0 saturated carbocycles. The van der Waals surface area contributed by atoms with Crippen LogP contribution in [-0.4, -0.2) is 30.1 Å². The van der Waals surface area contributed by atoms with Crippen LogP contribution < -0.4 is 16.0 Å². The second-order valence-corrected chi connectivity index (χ2v) is 3.83. The number of hydrazine groups is 2. The van der Waals surface area contributed by atoms with Gasteiger partial charge in [-0.1, -0.05) is 6.07 Å². The molecule has 6 nitrogen and oxygen atoms in total. The minimum atomic E-state index is -0.758. The number of hydrogen-bond acceptors (Lipinski definition) is 6. The minimum Gasteiger partial charge on any atom is -0.468 e. The highest BCUT2D eigenvalue weighted by atomic mass is 16.5. The number of esters is 1. The fourth-order valence-electron chi connectivity index (χ4n) is 1.58. The fourth-order valence-corrected chi connectivity index (χ4v) is 1.58. The average molecular weight is 222 g/mol. The number of rotatable bonds is 2. The summed E-state index contributed by atoms with van der Waals surface area (Å²) in [6.07, 6.45) is 1.70. The molecular weight excluding hydrogens is 208 g/mol. The fraction of sp³-hybridized carbons (Fsp3) is 0.400. The van der Waals surface area contributed by atoms with Gasteiger partial charge in [-0.05, 0) is 19.1 Å². The van der Waals surface area contributed by atoms with Crippen LogP contribution in [0.3, 0.4) is 0 Å². The molecule has 0 aliphatic carbocycles. The third-order valence-electron chi connectivity index (χ3n) is 2.50. The first-order valence-electron chi connectivity index (χ1n) is 4.95. The zero-order chi connectivity index (χ0) is 11.6. The van der Waals surface area contributed by atoms with Crippen LogP contribution in [0.15, 0.2) is 24.4 Å². The zero-order valence-corrected chi connectivity index (χ0v) is 9.23. The second-order valence-electron chi connectivity index (χ2n) is 3.83. The first kappa shape index (κ1) is 10.8. The van der Waals surface area contributed by atoms with Crippen molar-refractivity contribution in [3.05, 3.63) is 24.4 Å². The number of carbonyl (C=O) groups is 1. The summed E-state index contributed by atoms with van der Waals surface area (Å²) in [4.78, 5) is 15.7. The molecular formula is C10H14N4O2. The van der Waals surface area contributed by atoms with Crippen molar-refractivity contribution < 1.29 is 9.53 Å². The Morgan fingerprint density at radius 2 is 2.44 bits per heavy atom. The molecule has 2 rings (SSSR count). The first-order chi connectivity index (χ1) is 7.65. The van der Waals surface area contributed by atoms with E-state index >= 15 is 0 Å². The van der Waals surface area contributed by atoms with E-state index in [0.717, 1.165) is 5.82 Å². The number of aromatic nitrogens is 1. The third-order valence-corrected chi connectivity index (χ3v) is 2.50. The Morgan fingerprint density at radius 1 is 1.62 bits per heavy atom. The summed E-state index contributed by atoms with van der Waals surface area (Å²) in [5, 5.41) is 1.76. The standard InChI is InChI=1S/C10H14N4O2/c1-10(9(15)16-2)7-14(13-12-10)8-5-3-4-6-11-8/h3-6,12-13H,7H2,1-2H3. The van der Waals surface area contributed by atoms with Crippen molar-refractivity contribution in [1.82, 2.24) is 15.9 Å². The Kier molecular flexibility index (Phi) is 2.76. The highest BCUT2D eigenvalue weighted by molar-refractivity contribution is 5.81. The van der Waals surface area contributed by atoms with Crippen molar-refractivity contribution in [2.24, 2.45) is 0 Å². The van der Waals surface area contributed by atoms with Crippen molar-refractivity contribution in [2.75, 3.05) is 18.7 Å². The molecule has 0 bridgehead atoms. The predicted molar refractivity (Wildman–Crippen MR) is 58.3 cm³/mol. The predicted octanol–water partition coefficient (Wildman–Crippen LogP) is -0.158. The largest absolute Gasteiger partial charge is 0.468 e. The van der Waals surface area contributed by atoms with Crippen LogP contribution in [0.5, 0.6) is 0 Å². The lowest BCUT2D eigenvalue weighted by molar-refractivity contribution is -0.146.